The summed E-state index contributed by atoms with van der Waals surface area (Å²) in [7, 11) is 1.51. The van der Waals surface area contributed by atoms with Crippen molar-refractivity contribution in [3.05, 3.63) is 29.8 Å². The first-order chi connectivity index (χ1) is 11.4. The highest BCUT2D eigenvalue weighted by molar-refractivity contribution is 5.92. The molecule has 0 unspecified atom stereocenters. The van der Waals surface area contributed by atoms with E-state index < -0.39 is 0 Å². The second kappa shape index (κ2) is 8.22. The number of phenols is 1. The fourth-order valence-electron chi connectivity index (χ4n) is 3.57. The summed E-state index contributed by atoms with van der Waals surface area (Å²) in [5.74, 6) is 2.22. The van der Waals surface area contributed by atoms with Gasteiger partial charge >= 0.3 is 0 Å². The molecule has 1 aliphatic rings. The SMILES string of the molecule is COc1cc(C=CC(=O)N[C@@H]2C[C@@H](C)CC[C@@H]2C(C)C)ccc1O. The Kier molecular flexibility index (Phi) is 6.29. The largest absolute Gasteiger partial charge is 0.504 e. The summed E-state index contributed by atoms with van der Waals surface area (Å²) in [6, 6.07) is 5.27. The van der Waals surface area contributed by atoms with Gasteiger partial charge in [0, 0.05) is 12.1 Å². The molecule has 3 atom stereocenters. The Morgan fingerprint density at radius 3 is 2.79 bits per heavy atom. The van der Waals surface area contributed by atoms with Crippen molar-refractivity contribution in [1.29, 1.82) is 0 Å². The van der Waals surface area contributed by atoms with Crippen molar-refractivity contribution in [2.24, 2.45) is 17.8 Å². The first-order valence-corrected chi connectivity index (χ1v) is 8.76. The van der Waals surface area contributed by atoms with Crippen molar-refractivity contribution in [2.45, 2.75) is 46.1 Å². The van der Waals surface area contributed by atoms with Crippen LogP contribution in [0.5, 0.6) is 11.5 Å². The van der Waals surface area contributed by atoms with E-state index in [1.807, 2.05) is 0 Å². The second-order valence-corrected chi connectivity index (χ2v) is 7.21. The number of carbonyl (C=O) groups is 1. The van der Waals surface area contributed by atoms with Crippen LogP contribution in [0.4, 0.5) is 0 Å². The van der Waals surface area contributed by atoms with Crippen LogP contribution >= 0.6 is 0 Å². The maximum atomic E-state index is 12.3. The number of nitrogens with one attached hydrogen (secondary N) is 1. The van der Waals surface area contributed by atoms with Crippen LogP contribution in [0, 0.1) is 17.8 Å². The number of hydrogen-bond acceptors (Lipinski definition) is 3. The number of carbonyl (C=O) groups excluding carboxylic acids is 1. The number of phenolic OH excluding ortho intramolecular Hbond substituents is 1. The molecule has 0 heterocycles. The molecule has 0 aliphatic heterocycles. The molecular formula is C20H29NO3. The minimum Gasteiger partial charge on any atom is -0.504 e. The van der Waals surface area contributed by atoms with E-state index in [1.165, 1.54) is 20.0 Å². The average Bonchev–Trinajstić information content (AvgIpc) is 2.53. The molecule has 1 saturated carbocycles. The number of methoxy groups -OCH3 is 1. The van der Waals surface area contributed by atoms with E-state index in [2.05, 4.69) is 26.1 Å². The molecule has 1 aliphatic carbocycles. The van der Waals surface area contributed by atoms with Gasteiger partial charge in [-0.05, 0) is 54.4 Å². The van der Waals surface area contributed by atoms with Crippen LogP contribution in [0.2, 0.25) is 0 Å². The van der Waals surface area contributed by atoms with Crippen LogP contribution in [0.15, 0.2) is 24.3 Å². The molecule has 0 bridgehead atoms. The van der Waals surface area contributed by atoms with E-state index in [0.717, 1.165) is 12.0 Å². The molecule has 0 spiro atoms. The maximum Gasteiger partial charge on any atom is 0.244 e. The molecule has 1 aromatic carbocycles. The lowest BCUT2D eigenvalue weighted by Crippen LogP contribution is -2.45. The predicted molar refractivity (Wildman–Crippen MR) is 97.0 cm³/mol. The zero-order valence-electron chi connectivity index (χ0n) is 15.1. The van der Waals surface area contributed by atoms with Gasteiger partial charge in [0.05, 0.1) is 7.11 Å². The lowest BCUT2D eigenvalue weighted by molar-refractivity contribution is -0.118. The molecule has 2 N–H and O–H groups in total. The minimum atomic E-state index is -0.0632. The van der Waals surface area contributed by atoms with E-state index >= 15 is 0 Å². The van der Waals surface area contributed by atoms with Gasteiger partial charge in [0.25, 0.3) is 0 Å². The Balaban J connectivity index is 2.01. The van der Waals surface area contributed by atoms with Gasteiger partial charge < -0.3 is 15.2 Å². The average molecular weight is 331 g/mol. The van der Waals surface area contributed by atoms with Crippen molar-refractivity contribution in [1.82, 2.24) is 5.32 Å². The van der Waals surface area contributed by atoms with E-state index in [0.29, 0.717) is 23.5 Å². The van der Waals surface area contributed by atoms with Crippen LogP contribution < -0.4 is 10.1 Å². The summed E-state index contributed by atoms with van der Waals surface area (Å²) in [5, 5.41) is 12.8. The van der Waals surface area contributed by atoms with E-state index in [4.69, 9.17) is 4.74 Å². The van der Waals surface area contributed by atoms with Crippen molar-refractivity contribution < 1.29 is 14.6 Å². The normalized spacial score (nSPS) is 24.3. The summed E-state index contributed by atoms with van der Waals surface area (Å²) in [4.78, 5) is 12.3. The zero-order valence-corrected chi connectivity index (χ0v) is 15.1. The lowest BCUT2D eigenvalue weighted by Gasteiger charge is -2.37. The number of aromatic hydroxyl groups is 1. The summed E-state index contributed by atoms with van der Waals surface area (Å²) >= 11 is 0. The van der Waals surface area contributed by atoms with Crippen molar-refractivity contribution in [3.63, 3.8) is 0 Å². The van der Waals surface area contributed by atoms with Crippen molar-refractivity contribution in [3.8, 4) is 11.5 Å². The van der Waals surface area contributed by atoms with Gasteiger partial charge in [0.1, 0.15) is 0 Å². The van der Waals surface area contributed by atoms with Gasteiger partial charge in [-0.15, -0.1) is 0 Å². The van der Waals surface area contributed by atoms with Crippen LogP contribution in [-0.2, 0) is 4.79 Å². The van der Waals surface area contributed by atoms with E-state index in [9.17, 15) is 9.90 Å². The molecule has 0 aromatic heterocycles. The Morgan fingerprint density at radius 1 is 1.38 bits per heavy atom. The van der Waals surface area contributed by atoms with Gasteiger partial charge in [-0.3, -0.25) is 4.79 Å². The summed E-state index contributed by atoms with van der Waals surface area (Å²) in [5.41, 5.74) is 0.817. The molecule has 0 saturated heterocycles. The molecule has 132 valence electrons. The fraction of sp³-hybridized carbons (Fsp3) is 0.550. The van der Waals surface area contributed by atoms with Gasteiger partial charge in [0.15, 0.2) is 11.5 Å². The number of rotatable bonds is 5. The highest BCUT2D eigenvalue weighted by Crippen LogP contribution is 2.33. The Morgan fingerprint density at radius 2 is 2.12 bits per heavy atom. The minimum absolute atomic E-state index is 0.0632. The van der Waals surface area contributed by atoms with E-state index in [1.54, 1.807) is 30.4 Å². The van der Waals surface area contributed by atoms with Gasteiger partial charge in [-0.25, -0.2) is 0 Å². The topological polar surface area (TPSA) is 58.6 Å². The Labute approximate surface area is 144 Å². The number of ether oxygens (including phenoxy) is 1. The third-order valence-corrected chi connectivity index (χ3v) is 4.98. The monoisotopic (exact) mass is 331 g/mol. The van der Waals surface area contributed by atoms with Crippen LogP contribution in [0.25, 0.3) is 6.08 Å². The molecule has 24 heavy (non-hydrogen) atoms. The highest BCUT2D eigenvalue weighted by Gasteiger charge is 2.31. The number of hydrogen-bond donors (Lipinski definition) is 2. The molecule has 4 heteroatoms. The predicted octanol–water partition coefficient (Wildman–Crippen LogP) is 3.99. The van der Waals surface area contributed by atoms with Crippen molar-refractivity contribution >= 4 is 12.0 Å². The fourth-order valence-corrected chi connectivity index (χ4v) is 3.57. The molecule has 4 nitrogen and oxygen atoms in total. The Hall–Kier alpha value is -1.97. The molecule has 1 fully saturated rings. The summed E-state index contributed by atoms with van der Waals surface area (Å²) in [6.07, 6.45) is 6.78. The quantitative estimate of drug-likeness (QED) is 0.802. The highest BCUT2D eigenvalue weighted by atomic mass is 16.5. The number of benzene rings is 1. The molecule has 2 rings (SSSR count). The molecule has 1 aromatic rings. The first-order valence-electron chi connectivity index (χ1n) is 8.76. The van der Waals surface area contributed by atoms with Gasteiger partial charge in [0.2, 0.25) is 5.91 Å². The third-order valence-electron chi connectivity index (χ3n) is 4.98. The second-order valence-electron chi connectivity index (χ2n) is 7.21. The zero-order chi connectivity index (χ0) is 17.7. The van der Waals surface area contributed by atoms with E-state index in [-0.39, 0.29) is 17.7 Å². The van der Waals surface area contributed by atoms with Crippen LogP contribution in [0.1, 0.15) is 45.6 Å². The summed E-state index contributed by atoms with van der Waals surface area (Å²) < 4.78 is 5.08. The summed E-state index contributed by atoms with van der Waals surface area (Å²) in [6.45, 7) is 6.73. The van der Waals surface area contributed by atoms with Gasteiger partial charge in [-0.1, -0.05) is 33.3 Å². The third kappa shape index (κ3) is 4.76. The standard InChI is InChI=1S/C20H29NO3/c1-13(2)16-8-5-14(3)11-17(16)21-20(23)10-7-15-6-9-18(22)19(12-15)24-4/h6-7,9-10,12-14,16-17,22H,5,8,11H2,1-4H3,(H,21,23)/t14-,16+,17+/m0/s1. The van der Waals surface area contributed by atoms with Crippen LogP contribution in [0.3, 0.4) is 0 Å². The van der Waals surface area contributed by atoms with Gasteiger partial charge in [-0.2, -0.15) is 0 Å². The van der Waals surface area contributed by atoms with Crippen molar-refractivity contribution in [2.75, 3.05) is 7.11 Å². The number of amides is 1. The lowest BCUT2D eigenvalue weighted by atomic mass is 9.74. The first kappa shape index (κ1) is 18.4. The molecule has 1 amide bonds. The Bertz CT molecular complexity index is 595. The van der Waals surface area contributed by atoms with Crippen LogP contribution in [-0.4, -0.2) is 24.2 Å². The molecule has 0 radical (unpaired) electrons. The maximum absolute atomic E-state index is 12.3. The molecular weight excluding hydrogens is 302 g/mol. The smallest absolute Gasteiger partial charge is 0.244 e.